The number of rotatable bonds is 4. The Balaban J connectivity index is 1.71. The zero-order valence-corrected chi connectivity index (χ0v) is 20.7. The molecule has 0 amide bonds. The van der Waals surface area contributed by atoms with Gasteiger partial charge in [-0.3, -0.25) is 0 Å². The lowest BCUT2D eigenvalue weighted by molar-refractivity contribution is -0.396. The van der Waals surface area contributed by atoms with Gasteiger partial charge in [0.25, 0.3) is 0 Å². The van der Waals surface area contributed by atoms with Gasteiger partial charge in [0.2, 0.25) is 0 Å². The van der Waals surface area contributed by atoms with Crippen molar-refractivity contribution >= 4 is 5.97 Å². The highest BCUT2D eigenvalue weighted by Crippen LogP contribution is 2.90. The van der Waals surface area contributed by atoms with Crippen LogP contribution in [0.15, 0.2) is 18.3 Å². The molecule has 8 N–H and O–H groups in total. The maximum atomic E-state index is 13.2. The Labute approximate surface area is 207 Å². The van der Waals surface area contributed by atoms with Crippen molar-refractivity contribution < 1.29 is 50.0 Å². The zero-order valence-electron chi connectivity index (χ0n) is 20.7. The molecular weight excluding hydrogens is 474 g/mol. The van der Waals surface area contributed by atoms with Crippen LogP contribution in [0.1, 0.15) is 57.4 Å². The van der Waals surface area contributed by atoms with E-state index in [1.165, 1.54) is 19.2 Å². The fourth-order valence-corrected chi connectivity index (χ4v) is 9.62. The molecule has 11 atom stereocenters. The molecule has 1 aromatic rings. The summed E-state index contributed by atoms with van der Waals surface area (Å²) >= 11 is 0. The maximum absolute atomic E-state index is 13.2. The molecular formula is C25H35NO10. The van der Waals surface area contributed by atoms with Crippen LogP contribution in [0, 0.1) is 22.7 Å². The number of H-pyrrole nitrogens is 1. The van der Waals surface area contributed by atoms with E-state index in [1.807, 2.05) is 0 Å². The molecule has 1 spiro atoms. The Hall–Kier alpha value is -1.57. The van der Waals surface area contributed by atoms with Crippen molar-refractivity contribution in [3.63, 3.8) is 0 Å². The molecule has 1 aromatic heterocycles. The molecule has 0 aromatic carbocycles. The SMILES string of the molecule is CC(C)[C@@]1(O)[C@H](OC(=O)c2ccc[nH]2)[C@]2(O)[C@@]3(CO)C[C@]4(O)O[C@@]5([C@H](O)[C@@H](C)CC[C@]35O)[C@@]2(O)[C@@]14C. The molecule has 4 saturated carbocycles. The average Bonchev–Trinajstić information content (AvgIpc) is 3.45. The smallest absolute Gasteiger partial charge is 0.355 e. The minimum Gasteiger partial charge on any atom is -0.451 e. The van der Waals surface area contributed by atoms with Gasteiger partial charge in [-0.1, -0.05) is 20.8 Å². The molecule has 11 nitrogen and oxygen atoms in total. The Morgan fingerprint density at radius 2 is 1.92 bits per heavy atom. The molecule has 2 saturated heterocycles. The van der Waals surface area contributed by atoms with Gasteiger partial charge in [-0.15, -0.1) is 0 Å². The van der Waals surface area contributed by atoms with E-state index in [9.17, 15) is 40.5 Å². The van der Waals surface area contributed by atoms with E-state index in [1.54, 1.807) is 26.8 Å². The number of aliphatic hydroxyl groups is 7. The first-order chi connectivity index (χ1) is 16.6. The lowest BCUT2D eigenvalue weighted by atomic mass is 9.52. The molecule has 0 radical (unpaired) electrons. The lowest BCUT2D eigenvalue weighted by Crippen LogP contribution is -2.75. The van der Waals surface area contributed by atoms with Gasteiger partial charge in [-0.2, -0.15) is 0 Å². The van der Waals surface area contributed by atoms with E-state index in [0.717, 1.165) is 0 Å². The predicted octanol–water partition coefficient (Wildman–Crippen LogP) is -1.22. The number of carbonyl (C=O) groups is 1. The third-order valence-corrected chi connectivity index (χ3v) is 11.3. The van der Waals surface area contributed by atoms with Crippen LogP contribution < -0.4 is 0 Å². The highest BCUT2D eigenvalue weighted by Gasteiger charge is 3.11. The van der Waals surface area contributed by atoms with Gasteiger partial charge in [0, 0.05) is 12.6 Å². The fraction of sp³-hybridized carbons (Fsp3) is 0.800. The van der Waals surface area contributed by atoms with Gasteiger partial charge in [-0.25, -0.2) is 4.79 Å². The number of carbonyl (C=O) groups excluding carboxylic acids is 1. The van der Waals surface area contributed by atoms with Crippen LogP contribution in [0.3, 0.4) is 0 Å². The monoisotopic (exact) mass is 509 g/mol. The second-order valence-corrected chi connectivity index (χ2v) is 12.3. The van der Waals surface area contributed by atoms with Crippen LogP contribution in [-0.4, -0.2) is 99.3 Å². The molecule has 6 bridgehead atoms. The summed E-state index contributed by atoms with van der Waals surface area (Å²) < 4.78 is 12.0. The number of esters is 1. The molecule has 7 rings (SSSR count). The van der Waals surface area contributed by atoms with Crippen LogP contribution in [0.25, 0.3) is 0 Å². The largest absolute Gasteiger partial charge is 0.451 e. The summed E-state index contributed by atoms with van der Waals surface area (Å²) in [5, 5.41) is 85.0. The Bertz CT molecular complexity index is 1140. The van der Waals surface area contributed by atoms with E-state index in [-0.39, 0.29) is 18.5 Å². The molecule has 6 aliphatic rings. The second-order valence-electron chi connectivity index (χ2n) is 12.3. The first kappa shape index (κ1) is 24.7. The van der Waals surface area contributed by atoms with E-state index < -0.39 is 87.7 Å². The third-order valence-electron chi connectivity index (χ3n) is 11.3. The van der Waals surface area contributed by atoms with Crippen molar-refractivity contribution in [3.05, 3.63) is 24.0 Å². The molecule has 11 heteroatoms. The summed E-state index contributed by atoms with van der Waals surface area (Å²) in [7, 11) is 0. The molecule has 2 aliphatic heterocycles. The quantitative estimate of drug-likeness (QED) is 0.228. The number of aromatic amines is 1. The molecule has 36 heavy (non-hydrogen) atoms. The Kier molecular flexibility index (Phi) is 4.36. The van der Waals surface area contributed by atoms with E-state index in [4.69, 9.17) is 9.47 Å². The van der Waals surface area contributed by atoms with E-state index in [0.29, 0.717) is 0 Å². The first-order valence-electron chi connectivity index (χ1n) is 12.5. The Morgan fingerprint density at radius 3 is 2.47 bits per heavy atom. The van der Waals surface area contributed by atoms with Gasteiger partial charge in [0.05, 0.1) is 23.5 Å². The minimum atomic E-state index is -2.74. The predicted molar refractivity (Wildman–Crippen MR) is 120 cm³/mol. The summed E-state index contributed by atoms with van der Waals surface area (Å²) in [5.74, 6) is -4.74. The molecule has 0 unspecified atom stereocenters. The van der Waals surface area contributed by atoms with Crippen molar-refractivity contribution in [2.45, 2.75) is 93.0 Å². The number of hydrogen-bond donors (Lipinski definition) is 8. The molecule has 4 aliphatic carbocycles. The second kappa shape index (κ2) is 6.35. The number of hydrogen-bond acceptors (Lipinski definition) is 10. The minimum absolute atomic E-state index is 0.0109. The first-order valence-corrected chi connectivity index (χ1v) is 12.5. The maximum Gasteiger partial charge on any atom is 0.355 e. The number of aliphatic hydroxyl groups excluding tert-OH is 2. The van der Waals surface area contributed by atoms with Crippen LogP contribution in [0.4, 0.5) is 0 Å². The normalized spacial score (nSPS) is 58.5. The topological polar surface area (TPSA) is 193 Å². The highest BCUT2D eigenvalue weighted by molar-refractivity contribution is 5.87. The lowest BCUT2D eigenvalue weighted by Gasteiger charge is -2.61. The number of aromatic nitrogens is 1. The molecule has 3 heterocycles. The van der Waals surface area contributed by atoms with Crippen molar-refractivity contribution in [2.24, 2.45) is 22.7 Å². The van der Waals surface area contributed by atoms with Crippen LogP contribution >= 0.6 is 0 Å². The standard InChI is InChI=1S/C25H35NO10/c1-12(2)22(32)17(35-16(29)14-6-5-9-26-14)23(33)19(11-27)10-21(31)18(22,4)25(23,34)24(36-21)15(28)13(3)7-8-20(19,24)30/h5-6,9,12-13,15,17,26-28,30-34H,7-8,10-11H2,1-4H3/t13-,15+,17-,18+,19+,20-,21-,22+,23-,24+,25+/m0/s1. The molecule has 200 valence electrons. The Morgan fingerprint density at radius 1 is 1.25 bits per heavy atom. The van der Waals surface area contributed by atoms with Crippen LogP contribution in [0.5, 0.6) is 0 Å². The average molecular weight is 510 g/mol. The number of ether oxygens (including phenoxy) is 2. The summed E-state index contributed by atoms with van der Waals surface area (Å²) in [6.45, 7) is 5.23. The third kappa shape index (κ3) is 1.77. The van der Waals surface area contributed by atoms with Gasteiger partial charge in [0.15, 0.2) is 17.5 Å². The summed E-state index contributed by atoms with van der Waals surface area (Å²) in [6, 6.07) is 2.99. The van der Waals surface area contributed by atoms with Crippen LogP contribution in [0.2, 0.25) is 0 Å². The summed E-state index contributed by atoms with van der Waals surface area (Å²) in [6.07, 6.45) is -2.41. The number of nitrogens with one attached hydrogen (secondary N) is 1. The van der Waals surface area contributed by atoms with Crippen LogP contribution in [-0.2, 0) is 9.47 Å². The van der Waals surface area contributed by atoms with Gasteiger partial charge in [0.1, 0.15) is 28.1 Å². The fourth-order valence-electron chi connectivity index (χ4n) is 9.62. The molecule has 6 fully saturated rings. The van der Waals surface area contributed by atoms with Gasteiger partial charge >= 0.3 is 5.97 Å². The highest BCUT2D eigenvalue weighted by atomic mass is 16.7. The van der Waals surface area contributed by atoms with Crippen molar-refractivity contribution in [1.82, 2.24) is 4.98 Å². The van der Waals surface area contributed by atoms with Crippen molar-refractivity contribution in [3.8, 4) is 0 Å². The van der Waals surface area contributed by atoms with E-state index in [2.05, 4.69) is 4.98 Å². The summed E-state index contributed by atoms with van der Waals surface area (Å²) in [4.78, 5) is 15.9. The van der Waals surface area contributed by atoms with E-state index >= 15 is 0 Å². The van der Waals surface area contributed by atoms with Crippen molar-refractivity contribution in [2.75, 3.05) is 6.61 Å². The summed E-state index contributed by atoms with van der Waals surface area (Å²) in [5.41, 5.74) is -16.7. The van der Waals surface area contributed by atoms with Gasteiger partial charge < -0.3 is 50.2 Å². The van der Waals surface area contributed by atoms with Gasteiger partial charge in [-0.05, 0) is 43.7 Å². The van der Waals surface area contributed by atoms with Crippen molar-refractivity contribution in [1.29, 1.82) is 0 Å². The zero-order chi connectivity index (χ0) is 26.5.